The van der Waals surface area contributed by atoms with Gasteiger partial charge in [-0.25, -0.2) is 0 Å². The number of ether oxygens (including phenoxy) is 1. The number of amides is 1. The SMILES string of the molecule is Cc1cccc(OCC(=O)NCc2cccnc2)c1. The Balaban J connectivity index is 1.76. The number of hydrogen-bond acceptors (Lipinski definition) is 3. The number of rotatable bonds is 5. The number of aromatic nitrogens is 1. The van der Waals surface area contributed by atoms with Gasteiger partial charge >= 0.3 is 0 Å². The van der Waals surface area contributed by atoms with E-state index in [0.29, 0.717) is 12.3 Å². The first kappa shape index (κ1) is 13.1. The lowest BCUT2D eigenvalue weighted by Gasteiger charge is -2.07. The van der Waals surface area contributed by atoms with Crippen LogP contribution in [0.2, 0.25) is 0 Å². The molecule has 2 aromatic rings. The second-order valence-corrected chi connectivity index (χ2v) is 4.24. The van der Waals surface area contributed by atoms with Crippen LogP contribution in [0.5, 0.6) is 5.75 Å². The van der Waals surface area contributed by atoms with Gasteiger partial charge in [-0.05, 0) is 36.2 Å². The van der Waals surface area contributed by atoms with E-state index in [1.54, 1.807) is 12.4 Å². The van der Waals surface area contributed by atoms with Gasteiger partial charge in [-0.1, -0.05) is 18.2 Å². The summed E-state index contributed by atoms with van der Waals surface area (Å²) in [5, 5.41) is 2.78. The van der Waals surface area contributed by atoms with E-state index in [1.165, 1.54) is 0 Å². The van der Waals surface area contributed by atoms with Gasteiger partial charge in [-0.2, -0.15) is 0 Å². The minimum absolute atomic E-state index is 0.0176. The molecule has 4 heteroatoms. The van der Waals surface area contributed by atoms with Crippen LogP contribution in [0.25, 0.3) is 0 Å². The molecule has 0 spiro atoms. The lowest BCUT2D eigenvalue weighted by Crippen LogP contribution is -2.28. The maximum Gasteiger partial charge on any atom is 0.258 e. The molecule has 0 bridgehead atoms. The molecule has 1 aromatic heterocycles. The quantitative estimate of drug-likeness (QED) is 0.891. The zero-order chi connectivity index (χ0) is 13.5. The van der Waals surface area contributed by atoms with E-state index in [9.17, 15) is 4.79 Å². The standard InChI is InChI=1S/C15H16N2O2/c1-12-4-2-6-14(8-12)19-11-15(18)17-10-13-5-3-7-16-9-13/h2-9H,10-11H2,1H3,(H,17,18). The number of nitrogens with one attached hydrogen (secondary N) is 1. The lowest BCUT2D eigenvalue weighted by atomic mass is 10.2. The molecular weight excluding hydrogens is 240 g/mol. The smallest absolute Gasteiger partial charge is 0.258 e. The number of hydrogen-bond donors (Lipinski definition) is 1. The molecule has 19 heavy (non-hydrogen) atoms. The van der Waals surface area contributed by atoms with E-state index in [-0.39, 0.29) is 12.5 Å². The predicted octanol–water partition coefficient (Wildman–Crippen LogP) is 2.09. The summed E-state index contributed by atoms with van der Waals surface area (Å²) in [6.45, 7) is 2.46. The zero-order valence-corrected chi connectivity index (χ0v) is 10.8. The molecule has 0 saturated carbocycles. The number of carbonyl (C=O) groups excluding carboxylic acids is 1. The van der Waals surface area contributed by atoms with Gasteiger partial charge in [0.1, 0.15) is 5.75 Å². The van der Waals surface area contributed by atoms with Gasteiger partial charge in [0.15, 0.2) is 6.61 Å². The van der Waals surface area contributed by atoms with Crippen molar-refractivity contribution >= 4 is 5.91 Å². The fourth-order valence-corrected chi connectivity index (χ4v) is 1.61. The number of pyridine rings is 1. The molecular formula is C15H16N2O2. The summed E-state index contributed by atoms with van der Waals surface area (Å²) in [6, 6.07) is 11.4. The average molecular weight is 256 g/mol. The van der Waals surface area contributed by atoms with Crippen molar-refractivity contribution in [1.29, 1.82) is 0 Å². The van der Waals surface area contributed by atoms with Gasteiger partial charge in [0, 0.05) is 18.9 Å². The maximum atomic E-state index is 11.6. The van der Waals surface area contributed by atoms with Crippen LogP contribution in [-0.4, -0.2) is 17.5 Å². The zero-order valence-electron chi connectivity index (χ0n) is 10.8. The van der Waals surface area contributed by atoms with E-state index in [4.69, 9.17) is 4.74 Å². The topological polar surface area (TPSA) is 51.2 Å². The van der Waals surface area contributed by atoms with Gasteiger partial charge in [-0.15, -0.1) is 0 Å². The molecule has 0 aliphatic heterocycles. The summed E-state index contributed by atoms with van der Waals surface area (Å²) in [6.07, 6.45) is 3.42. The summed E-state index contributed by atoms with van der Waals surface area (Å²) in [4.78, 5) is 15.6. The molecule has 0 unspecified atom stereocenters. The Morgan fingerprint density at radius 3 is 2.95 bits per heavy atom. The highest BCUT2D eigenvalue weighted by molar-refractivity contribution is 5.77. The van der Waals surface area contributed by atoms with Crippen molar-refractivity contribution in [3.8, 4) is 5.75 Å². The number of benzene rings is 1. The molecule has 98 valence electrons. The number of aryl methyl sites for hydroxylation is 1. The molecule has 0 radical (unpaired) electrons. The van der Waals surface area contributed by atoms with Crippen LogP contribution in [0.3, 0.4) is 0 Å². The Bertz CT molecular complexity index is 541. The summed E-state index contributed by atoms with van der Waals surface area (Å²) < 4.78 is 5.41. The third-order valence-corrected chi connectivity index (χ3v) is 2.57. The van der Waals surface area contributed by atoms with E-state index in [2.05, 4.69) is 10.3 Å². The van der Waals surface area contributed by atoms with E-state index < -0.39 is 0 Å². The van der Waals surface area contributed by atoms with Crippen molar-refractivity contribution in [2.24, 2.45) is 0 Å². The monoisotopic (exact) mass is 256 g/mol. The third-order valence-electron chi connectivity index (χ3n) is 2.57. The number of nitrogens with zero attached hydrogens (tertiary/aromatic N) is 1. The largest absolute Gasteiger partial charge is 0.484 e. The van der Waals surface area contributed by atoms with Crippen molar-refractivity contribution < 1.29 is 9.53 Å². The molecule has 1 amide bonds. The summed E-state index contributed by atoms with van der Waals surface area (Å²) in [5.74, 6) is 0.557. The van der Waals surface area contributed by atoms with Crippen molar-refractivity contribution in [3.63, 3.8) is 0 Å². The number of carbonyl (C=O) groups is 1. The molecule has 1 aromatic carbocycles. The summed E-state index contributed by atoms with van der Waals surface area (Å²) >= 11 is 0. The van der Waals surface area contributed by atoms with Crippen LogP contribution >= 0.6 is 0 Å². The van der Waals surface area contributed by atoms with Gasteiger partial charge in [-0.3, -0.25) is 9.78 Å². The predicted molar refractivity (Wildman–Crippen MR) is 72.8 cm³/mol. The first-order valence-corrected chi connectivity index (χ1v) is 6.09. The Labute approximate surface area is 112 Å². The van der Waals surface area contributed by atoms with Crippen molar-refractivity contribution in [2.45, 2.75) is 13.5 Å². The highest BCUT2D eigenvalue weighted by Gasteiger charge is 2.02. The normalized spacial score (nSPS) is 9.95. The second-order valence-electron chi connectivity index (χ2n) is 4.24. The molecule has 2 rings (SSSR count). The van der Waals surface area contributed by atoms with Gasteiger partial charge in [0.2, 0.25) is 0 Å². The second kappa shape index (κ2) is 6.54. The molecule has 1 heterocycles. The van der Waals surface area contributed by atoms with E-state index in [1.807, 2.05) is 43.3 Å². The minimum atomic E-state index is -0.148. The summed E-state index contributed by atoms with van der Waals surface area (Å²) in [5.41, 5.74) is 2.07. The first-order chi connectivity index (χ1) is 9.24. The Morgan fingerprint density at radius 1 is 1.32 bits per heavy atom. The fraction of sp³-hybridized carbons (Fsp3) is 0.200. The fourth-order valence-electron chi connectivity index (χ4n) is 1.61. The van der Waals surface area contributed by atoms with Gasteiger partial charge < -0.3 is 10.1 Å². The highest BCUT2D eigenvalue weighted by Crippen LogP contribution is 2.11. The molecule has 0 atom stereocenters. The molecule has 4 nitrogen and oxygen atoms in total. The van der Waals surface area contributed by atoms with Crippen LogP contribution in [0, 0.1) is 6.92 Å². The third kappa shape index (κ3) is 4.43. The Hall–Kier alpha value is -2.36. The van der Waals surface area contributed by atoms with Crippen LogP contribution < -0.4 is 10.1 Å². The molecule has 0 aliphatic carbocycles. The molecule has 0 fully saturated rings. The lowest BCUT2D eigenvalue weighted by molar-refractivity contribution is -0.123. The van der Waals surface area contributed by atoms with Gasteiger partial charge in [0.25, 0.3) is 5.91 Å². The first-order valence-electron chi connectivity index (χ1n) is 6.09. The minimum Gasteiger partial charge on any atom is -0.484 e. The van der Waals surface area contributed by atoms with E-state index in [0.717, 1.165) is 11.1 Å². The van der Waals surface area contributed by atoms with Crippen molar-refractivity contribution in [2.75, 3.05) is 6.61 Å². The van der Waals surface area contributed by atoms with Crippen LogP contribution in [0.15, 0.2) is 48.8 Å². The van der Waals surface area contributed by atoms with Crippen LogP contribution in [0.4, 0.5) is 0 Å². The maximum absolute atomic E-state index is 11.6. The summed E-state index contributed by atoms with van der Waals surface area (Å²) in [7, 11) is 0. The average Bonchev–Trinajstić information content (AvgIpc) is 2.44. The van der Waals surface area contributed by atoms with Crippen molar-refractivity contribution in [3.05, 3.63) is 59.9 Å². The Morgan fingerprint density at radius 2 is 2.21 bits per heavy atom. The van der Waals surface area contributed by atoms with Gasteiger partial charge in [0.05, 0.1) is 0 Å². The van der Waals surface area contributed by atoms with Crippen LogP contribution in [-0.2, 0) is 11.3 Å². The van der Waals surface area contributed by atoms with Crippen molar-refractivity contribution in [1.82, 2.24) is 10.3 Å². The molecule has 1 N–H and O–H groups in total. The highest BCUT2D eigenvalue weighted by atomic mass is 16.5. The van der Waals surface area contributed by atoms with E-state index >= 15 is 0 Å². The van der Waals surface area contributed by atoms with Crippen LogP contribution in [0.1, 0.15) is 11.1 Å². The molecule has 0 saturated heterocycles. The molecule has 0 aliphatic rings. The Kier molecular flexibility index (Phi) is 4.50.